The number of carbonyl (C=O) groups is 3. The molecule has 3 aromatic heterocycles. The number of amides is 2. The molecule has 0 aliphatic rings. The van der Waals surface area contributed by atoms with Gasteiger partial charge in [-0.1, -0.05) is 0 Å². The van der Waals surface area contributed by atoms with Crippen LogP contribution in [0.2, 0.25) is 0 Å². The maximum atomic E-state index is 12.6. The maximum absolute atomic E-state index is 12.6. The van der Waals surface area contributed by atoms with Gasteiger partial charge in [0.2, 0.25) is 5.78 Å². The lowest BCUT2D eigenvalue weighted by Crippen LogP contribution is -2.47. The largest absolute Gasteiger partial charge is 0.367 e. The average molecular weight is 353 g/mol. The SMILES string of the molecule is NC(=O)C(=O)C(Cc1cc[nH]c1)NC(=O)c1cncn1-c1ccncn1. The number of aromatic amines is 1. The summed E-state index contributed by atoms with van der Waals surface area (Å²) in [4.78, 5) is 50.7. The zero-order chi connectivity index (χ0) is 18.5. The van der Waals surface area contributed by atoms with E-state index in [0.29, 0.717) is 5.82 Å². The lowest BCUT2D eigenvalue weighted by atomic mass is 10.0. The Morgan fingerprint density at radius 1 is 1.27 bits per heavy atom. The van der Waals surface area contributed by atoms with Crippen molar-refractivity contribution in [2.24, 2.45) is 5.73 Å². The molecule has 1 unspecified atom stereocenters. The molecule has 10 heteroatoms. The fraction of sp³-hybridized carbons (Fsp3) is 0.125. The highest BCUT2D eigenvalue weighted by Crippen LogP contribution is 2.09. The molecular formula is C16H15N7O3. The smallest absolute Gasteiger partial charge is 0.287 e. The van der Waals surface area contributed by atoms with Gasteiger partial charge in [-0.3, -0.25) is 19.0 Å². The van der Waals surface area contributed by atoms with Crippen molar-refractivity contribution in [1.29, 1.82) is 0 Å². The standard InChI is InChI=1S/C16H15N7O3/c17-15(25)14(24)11(5-10-1-3-18-6-10)22-16(26)12-7-20-9-23(12)13-2-4-19-8-21-13/h1-4,6-9,11,18H,5H2,(H2,17,25)(H,22,26). The number of nitrogens with one attached hydrogen (secondary N) is 2. The van der Waals surface area contributed by atoms with Crippen LogP contribution >= 0.6 is 0 Å². The van der Waals surface area contributed by atoms with Crippen LogP contribution in [0.5, 0.6) is 0 Å². The van der Waals surface area contributed by atoms with Crippen molar-refractivity contribution < 1.29 is 14.4 Å². The molecule has 0 aliphatic heterocycles. The van der Waals surface area contributed by atoms with E-state index >= 15 is 0 Å². The number of primary amides is 1. The van der Waals surface area contributed by atoms with Gasteiger partial charge in [0, 0.05) is 25.0 Å². The summed E-state index contributed by atoms with van der Waals surface area (Å²) < 4.78 is 1.44. The van der Waals surface area contributed by atoms with E-state index in [9.17, 15) is 14.4 Å². The quantitative estimate of drug-likeness (QED) is 0.482. The van der Waals surface area contributed by atoms with Crippen LogP contribution in [0.1, 0.15) is 16.1 Å². The van der Waals surface area contributed by atoms with Gasteiger partial charge in [0.1, 0.15) is 30.2 Å². The molecule has 1 atom stereocenters. The van der Waals surface area contributed by atoms with Gasteiger partial charge in [-0.2, -0.15) is 0 Å². The van der Waals surface area contributed by atoms with Crippen LogP contribution in [-0.4, -0.2) is 48.1 Å². The van der Waals surface area contributed by atoms with Gasteiger partial charge in [-0.15, -0.1) is 0 Å². The Bertz CT molecular complexity index is 918. The molecule has 0 aliphatic carbocycles. The van der Waals surface area contributed by atoms with Gasteiger partial charge in [-0.05, 0) is 17.7 Å². The summed E-state index contributed by atoms with van der Waals surface area (Å²) in [6, 6.07) is 2.24. The minimum atomic E-state index is -1.12. The van der Waals surface area contributed by atoms with E-state index in [1.54, 1.807) is 24.5 Å². The molecule has 0 bridgehead atoms. The molecule has 0 spiro atoms. The number of rotatable bonds is 7. The van der Waals surface area contributed by atoms with E-state index in [1.807, 2.05) is 0 Å². The normalized spacial score (nSPS) is 11.7. The van der Waals surface area contributed by atoms with Crippen LogP contribution in [0.15, 0.2) is 49.6 Å². The highest BCUT2D eigenvalue weighted by molar-refractivity contribution is 6.38. The Hall–Kier alpha value is -3.82. The van der Waals surface area contributed by atoms with Gasteiger partial charge >= 0.3 is 0 Å². The van der Waals surface area contributed by atoms with Crippen molar-refractivity contribution in [1.82, 2.24) is 29.8 Å². The molecule has 0 aromatic carbocycles. The topological polar surface area (TPSA) is 149 Å². The summed E-state index contributed by atoms with van der Waals surface area (Å²) in [6.07, 6.45) is 9.07. The maximum Gasteiger partial charge on any atom is 0.287 e. The van der Waals surface area contributed by atoms with Crippen LogP contribution in [0.25, 0.3) is 5.82 Å². The number of hydrogen-bond donors (Lipinski definition) is 3. The second kappa shape index (κ2) is 7.38. The van der Waals surface area contributed by atoms with Gasteiger partial charge in [0.05, 0.1) is 6.20 Å². The molecule has 3 aromatic rings. The van der Waals surface area contributed by atoms with Crippen molar-refractivity contribution in [3.05, 3.63) is 60.8 Å². The summed E-state index contributed by atoms with van der Waals surface area (Å²) in [6.45, 7) is 0. The number of carbonyl (C=O) groups excluding carboxylic acids is 3. The predicted molar refractivity (Wildman–Crippen MR) is 89.1 cm³/mol. The number of H-pyrrole nitrogens is 1. The first-order valence-corrected chi connectivity index (χ1v) is 7.61. The van der Waals surface area contributed by atoms with Crippen LogP contribution in [0, 0.1) is 0 Å². The fourth-order valence-corrected chi connectivity index (χ4v) is 2.41. The molecule has 3 rings (SSSR count). The van der Waals surface area contributed by atoms with Crippen molar-refractivity contribution in [2.45, 2.75) is 12.5 Å². The first kappa shape index (κ1) is 17.0. The van der Waals surface area contributed by atoms with Crippen LogP contribution in [0.4, 0.5) is 0 Å². The zero-order valence-corrected chi connectivity index (χ0v) is 13.5. The molecule has 2 amide bonds. The second-order valence-electron chi connectivity index (χ2n) is 5.39. The minimum Gasteiger partial charge on any atom is -0.367 e. The Morgan fingerprint density at radius 3 is 2.77 bits per heavy atom. The first-order valence-electron chi connectivity index (χ1n) is 7.61. The molecule has 132 valence electrons. The van der Waals surface area contributed by atoms with E-state index < -0.39 is 23.6 Å². The Morgan fingerprint density at radius 2 is 2.12 bits per heavy atom. The Balaban J connectivity index is 1.83. The number of hydrogen-bond acceptors (Lipinski definition) is 6. The van der Waals surface area contributed by atoms with Gasteiger partial charge < -0.3 is 16.0 Å². The van der Waals surface area contributed by atoms with Gasteiger partial charge in [0.25, 0.3) is 11.8 Å². The molecule has 0 radical (unpaired) electrons. The Labute approximate surface area is 147 Å². The number of aromatic nitrogens is 5. The van der Waals surface area contributed by atoms with E-state index in [-0.39, 0.29) is 12.1 Å². The third-order valence-corrected chi connectivity index (χ3v) is 3.65. The summed E-state index contributed by atoms with van der Waals surface area (Å²) in [5.74, 6) is -2.15. The number of nitrogens with two attached hydrogens (primary N) is 1. The number of nitrogens with zero attached hydrogens (tertiary/aromatic N) is 4. The first-order chi connectivity index (χ1) is 12.6. The highest BCUT2D eigenvalue weighted by atomic mass is 16.2. The van der Waals surface area contributed by atoms with Crippen LogP contribution in [0.3, 0.4) is 0 Å². The summed E-state index contributed by atoms with van der Waals surface area (Å²) in [5, 5.41) is 2.54. The minimum absolute atomic E-state index is 0.124. The van der Waals surface area contributed by atoms with Crippen molar-refractivity contribution in [3.8, 4) is 5.82 Å². The van der Waals surface area contributed by atoms with Crippen molar-refractivity contribution in [2.75, 3.05) is 0 Å². The lowest BCUT2D eigenvalue weighted by Gasteiger charge is -2.16. The monoisotopic (exact) mass is 353 g/mol. The summed E-state index contributed by atoms with van der Waals surface area (Å²) >= 11 is 0. The molecule has 0 saturated heterocycles. The molecule has 4 N–H and O–H groups in total. The van der Waals surface area contributed by atoms with E-state index in [0.717, 1.165) is 5.56 Å². The molecule has 10 nitrogen and oxygen atoms in total. The van der Waals surface area contributed by atoms with Gasteiger partial charge in [0.15, 0.2) is 0 Å². The van der Waals surface area contributed by atoms with E-state index in [1.165, 1.54) is 29.6 Å². The number of imidazole rings is 1. The molecule has 0 fully saturated rings. The Kier molecular flexibility index (Phi) is 4.83. The van der Waals surface area contributed by atoms with Crippen molar-refractivity contribution in [3.63, 3.8) is 0 Å². The van der Waals surface area contributed by atoms with E-state index in [4.69, 9.17) is 5.73 Å². The fourth-order valence-electron chi connectivity index (χ4n) is 2.41. The predicted octanol–water partition coefficient (Wildman–Crippen LogP) is -0.614. The third-order valence-electron chi connectivity index (χ3n) is 3.65. The summed E-state index contributed by atoms with van der Waals surface area (Å²) in [7, 11) is 0. The molecular weight excluding hydrogens is 338 g/mol. The third kappa shape index (κ3) is 3.64. The molecule has 3 heterocycles. The molecule has 26 heavy (non-hydrogen) atoms. The van der Waals surface area contributed by atoms with Crippen LogP contribution < -0.4 is 11.1 Å². The number of ketones is 1. The van der Waals surface area contributed by atoms with Crippen molar-refractivity contribution >= 4 is 17.6 Å². The highest BCUT2D eigenvalue weighted by Gasteiger charge is 2.27. The van der Waals surface area contributed by atoms with Gasteiger partial charge in [-0.25, -0.2) is 15.0 Å². The average Bonchev–Trinajstić information content (AvgIpc) is 3.32. The second-order valence-corrected chi connectivity index (χ2v) is 5.39. The van der Waals surface area contributed by atoms with E-state index in [2.05, 4.69) is 25.3 Å². The van der Waals surface area contributed by atoms with Crippen LogP contribution in [-0.2, 0) is 16.0 Å². The zero-order valence-electron chi connectivity index (χ0n) is 13.5. The summed E-state index contributed by atoms with van der Waals surface area (Å²) in [5.41, 5.74) is 6.00. The molecule has 0 saturated carbocycles. The number of Topliss-reactive ketones (excluding diaryl/α,β-unsaturated/α-hetero) is 1. The lowest BCUT2D eigenvalue weighted by molar-refractivity contribution is -0.137.